The molecule has 0 aliphatic rings. The second kappa shape index (κ2) is 8.75. The highest BCUT2D eigenvalue weighted by Gasteiger charge is 2.09. The molecule has 138 valence electrons. The molecule has 0 aliphatic heterocycles. The monoisotopic (exact) mass is 366 g/mol. The number of carbonyl (C=O) groups excluding carboxylic acids is 1. The van der Waals surface area contributed by atoms with Gasteiger partial charge in [-0.2, -0.15) is 0 Å². The predicted molar refractivity (Wildman–Crippen MR) is 102 cm³/mol. The van der Waals surface area contributed by atoms with E-state index >= 15 is 0 Å². The number of nitrogens with zero attached hydrogens (tertiary/aromatic N) is 2. The van der Waals surface area contributed by atoms with Crippen LogP contribution >= 0.6 is 0 Å². The molecule has 0 spiro atoms. The predicted octanol–water partition coefficient (Wildman–Crippen LogP) is 3.53. The summed E-state index contributed by atoms with van der Waals surface area (Å²) in [5.41, 5.74) is 1.47. The molecule has 2 aromatic carbocycles. The second-order valence-corrected chi connectivity index (χ2v) is 5.74. The van der Waals surface area contributed by atoms with Crippen molar-refractivity contribution in [1.82, 2.24) is 9.97 Å². The van der Waals surface area contributed by atoms with E-state index in [4.69, 9.17) is 4.74 Å². The van der Waals surface area contributed by atoms with Gasteiger partial charge in [0.05, 0.1) is 19.5 Å². The first kappa shape index (κ1) is 18.3. The number of rotatable bonds is 7. The maximum Gasteiger partial charge on any atom is 0.275 e. The van der Waals surface area contributed by atoms with Crippen molar-refractivity contribution in [2.45, 2.75) is 6.42 Å². The third-order valence-corrected chi connectivity index (χ3v) is 3.89. The molecule has 0 fully saturated rings. The van der Waals surface area contributed by atoms with E-state index in [0.29, 0.717) is 35.8 Å². The Bertz CT molecular complexity index is 899. The van der Waals surface area contributed by atoms with Gasteiger partial charge < -0.3 is 15.4 Å². The van der Waals surface area contributed by atoms with E-state index in [0.717, 1.165) is 0 Å². The van der Waals surface area contributed by atoms with Crippen LogP contribution in [0.4, 0.5) is 15.9 Å². The number of amides is 1. The molecule has 0 aliphatic carbocycles. The average molecular weight is 366 g/mol. The summed E-state index contributed by atoms with van der Waals surface area (Å²) < 4.78 is 18.6. The first-order valence-corrected chi connectivity index (χ1v) is 8.40. The quantitative estimate of drug-likeness (QED) is 0.669. The summed E-state index contributed by atoms with van der Waals surface area (Å²) in [6.07, 6.45) is 3.39. The van der Waals surface area contributed by atoms with Gasteiger partial charge in [-0.05, 0) is 42.3 Å². The number of methoxy groups -OCH3 is 1. The highest BCUT2D eigenvalue weighted by atomic mass is 19.1. The minimum absolute atomic E-state index is 0.200. The third kappa shape index (κ3) is 5.01. The van der Waals surface area contributed by atoms with Crippen LogP contribution in [-0.2, 0) is 6.42 Å². The lowest BCUT2D eigenvalue weighted by Crippen LogP contribution is -2.15. The Morgan fingerprint density at radius 2 is 1.85 bits per heavy atom. The number of aromatic nitrogens is 2. The van der Waals surface area contributed by atoms with Crippen LogP contribution in [0.25, 0.3) is 0 Å². The fraction of sp³-hybridized carbons (Fsp3) is 0.150. The molecular formula is C20H19FN4O2. The molecule has 0 unspecified atom stereocenters. The van der Waals surface area contributed by atoms with Gasteiger partial charge in [0.2, 0.25) is 0 Å². The summed E-state index contributed by atoms with van der Waals surface area (Å²) in [6.45, 7) is 0.507. The number of hydrogen-bond donors (Lipinski definition) is 2. The Kier molecular flexibility index (Phi) is 5.94. The fourth-order valence-corrected chi connectivity index (χ4v) is 2.43. The maximum absolute atomic E-state index is 13.6. The van der Waals surface area contributed by atoms with Gasteiger partial charge in [-0.15, -0.1) is 0 Å². The van der Waals surface area contributed by atoms with E-state index in [1.807, 2.05) is 0 Å². The van der Waals surface area contributed by atoms with Crippen LogP contribution in [0, 0.1) is 5.82 Å². The topological polar surface area (TPSA) is 76.1 Å². The molecule has 1 heterocycles. The smallest absolute Gasteiger partial charge is 0.275 e. The molecule has 1 aromatic heterocycles. The molecule has 0 saturated carbocycles. The Morgan fingerprint density at radius 1 is 1.07 bits per heavy atom. The number of nitrogens with one attached hydrogen (secondary N) is 2. The molecular weight excluding hydrogens is 347 g/mol. The van der Waals surface area contributed by atoms with Gasteiger partial charge >= 0.3 is 0 Å². The highest BCUT2D eigenvalue weighted by molar-refractivity contribution is 6.02. The summed E-state index contributed by atoms with van der Waals surface area (Å²) in [6, 6.07) is 13.6. The van der Waals surface area contributed by atoms with Crippen molar-refractivity contribution in [2.75, 3.05) is 24.3 Å². The van der Waals surface area contributed by atoms with Crippen molar-refractivity contribution >= 4 is 17.4 Å². The Balaban J connectivity index is 1.53. The number of benzene rings is 2. The molecule has 0 bridgehead atoms. The van der Waals surface area contributed by atoms with Gasteiger partial charge in [0.15, 0.2) is 0 Å². The van der Waals surface area contributed by atoms with Gasteiger partial charge in [0, 0.05) is 12.2 Å². The van der Waals surface area contributed by atoms with E-state index in [1.54, 1.807) is 49.6 Å². The molecule has 7 heteroatoms. The molecule has 0 saturated heterocycles. The molecule has 1 amide bonds. The van der Waals surface area contributed by atoms with E-state index in [1.165, 1.54) is 18.5 Å². The zero-order chi connectivity index (χ0) is 19.1. The normalized spacial score (nSPS) is 10.3. The van der Waals surface area contributed by atoms with Crippen LogP contribution in [0.3, 0.4) is 0 Å². The minimum atomic E-state index is -0.356. The Labute approximate surface area is 156 Å². The van der Waals surface area contributed by atoms with Gasteiger partial charge in [0.25, 0.3) is 5.91 Å². The van der Waals surface area contributed by atoms with Gasteiger partial charge in [0.1, 0.15) is 23.1 Å². The molecule has 3 rings (SSSR count). The molecule has 0 atom stereocenters. The lowest BCUT2D eigenvalue weighted by atomic mass is 10.1. The van der Waals surface area contributed by atoms with Crippen molar-refractivity contribution in [3.05, 3.63) is 78.0 Å². The molecule has 2 N–H and O–H groups in total. The minimum Gasteiger partial charge on any atom is -0.497 e. The van der Waals surface area contributed by atoms with Crippen LogP contribution in [0.2, 0.25) is 0 Å². The van der Waals surface area contributed by atoms with Crippen molar-refractivity contribution in [3.63, 3.8) is 0 Å². The lowest BCUT2D eigenvalue weighted by Gasteiger charge is -2.08. The van der Waals surface area contributed by atoms with E-state index in [-0.39, 0.29) is 17.4 Å². The number of hydrogen-bond acceptors (Lipinski definition) is 5. The number of halogens is 1. The summed E-state index contributed by atoms with van der Waals surface area (Å²) in [5.74, 6) is 0.646. The largest absolute Gasteiger partial charge is 0.497 e. The molecule has 6 nitrogen and oxygen atoms in total. The van der Waals surface area contributed by atoms with E-state index in [9.17, 15) is 9.18 Å². The fourth-order valence-electron chi connectivity index (χ4n) is 2.43. The standard InChI is InChI=1S/C20H19FN4O2/c1-27-16-8-6-15(7-9-16)25-20(26)18-12-24-19(13-23-18)22-11-10-14-4-2-3-5-17(14)21/h2-9,12-13H,10-11H2,1H3,(H,22,24)(H,25,26). The van der Waals surface area contributed by atoms with Gasteiger partial charge in [-0.3, -0.25) is 4.79 Å². The van der Waals surface area contributed by atoms with Crippen LogP contribution in [0.1, 0.15) is 16.1 Å². The van der Waals surface area contributed by atoms with Crippen molar-refractivity contribution in [1.29, 1.82) is 0 Å². The lowest BCUT2D eigenvalue weighted by molar-refractivity contribution is 0.102. The Morgan fingerprint density at radius 3 is 2.52 bits per heavy atom. The van der Waals surface area contributed by atoms with Gasteiger partial charge in [-0.25, -0.2) is 14.4 Å². The van der Waals surface area contributed by atoms with Crippen LogP contribution in [0.5, 0.6) is 5.75 Å². The summed E-state index contributed by atoms with van der Waals surface area (Å²) in [5, 5.41) is 5.80. The van der Waals surface area contributed by atoms with E-state index < -0.39 is 0 Å². The highest BCUT2D eigenvalue weighted by Crippen LogP contribution is 2.15. The number of ether oxygens (including phenoxy) is 1. The summed E-state index contributed by atoms with van der Waals surface area (Å²) >= 11 is 0. The Hall–Kier alpha value is -3.48. The number of anilines is 2. The van der Waals surface area contributed by atoms with Crippen molar-refractivity contribution < 1.29 is 13.9 Å². The molecule has 27 heavy (non-hydrogen) atoms. The van der Waals surface area contributed by atoms with E-state index in [2.05, 4.69) is 20.6 Å². The van der Waals surface area contributed by atoms with Crippen molar-refractivity contribution in [3.8, 4) is 5.75 Å². The summed E-state index contributed by atoms with van der Waals surface area (Å²) in [7, 11) is 1.58. The molecule has 3 aromatic rings. The average Bonchev–Trinajstić information content (AvgIpc) is 2.70. The van der Waals surface area contributed by atoms with Gasteiger partial charge in [-0.1, -0.05) is 18.2 Å². The SMILES string of the molecule is COc1ccc(NC(=O)c2cnc(NCCc3ccccc3F)cn2)cc1. The van der Waals surface area contributed by atoms with Crippen LogP contribution in [-0.4, -0.2) is 29.5 Å². The number of carbonyl (C=O) groups is 1. The van der Waals surface area contributed by atoms with Crippen LogP contribution < -0.4 is 15.4 Å². The maximum atomic E-state index is 13.6. The first-order valence-electron chi connectivity index (χ1n) is 8.40. The third-order valence-electron chi connectivity index (χ3n) is 3.89. The summed E-state index contributed by atoms with van der Waals surface area (Å²) in [4.78, 5) is 20.5. The van der Waals surface area contributed by atoms with Crippen molar-refractivity contribution in [2.24, 2.45) is 0 Å². The van der Waals surface area contributed by atoms with Crippen LogP contribution in [0.15, 0.2) is 60.9 Å². The first-order chi connectivity index (χ1) is 13.2. The zero-order valence-corrected chi connectivity index (χ0v) is 14.8. The second-order valence-electron chi connectivity index (χ2n) is 5.74. The molecule has 0 radical (unpaired) electrons. The zero-order valence-electron chi connectivity index (χ0n) is 14.8.